The highest BCUT2D eigenvalue weighted by Gasteiger charge is 2.37. The Morgan fingerprint density at radius 2 is 1.66 bits per heavy atom. The lowest BCUT2D eigenvalue weighted by molar-refractivity contribution is -0.0525. The summed E-state index contributed by atoms with van der Waals surface area (Å²) in [6, 6.07) is 10.2. The number of aromatic nitrogens is 3. The van der Waals surface area contributed by atoms with Crippen molar-refractivity contribution in [2.45, 2.75) is 15.8 Å². The van der Waals surface area contributed by atoms with Gasteiger partial charge in [0.05, 0.1) is 26.9 Å². The molecule has 0 atom stereocenters. The maximum absolute atomic E-state index is 14.7. The third kappa shape index (κ3) is 3.19. The highest BCUT2D eigenvalue weighted by atomic mass is 32.2. The van der Waals surface area contributed by atoms with Crippen LogP contribution in [-0.2, 0) is 15.9 Å². The second-order valence-corrected chi connectivity index (χ2v) is 8.16. The van der Waals surface area contributed by atoms with Crippen molar-refractivity contribution in [3.63, 3.8) is 0 Å². The topological polar surface area (TPSA) is 81.9 Å². The molecule has 0 aliphatic heterocycles. The lowest BCUT2D eigenvalue weighted by atomic mass is 10.2. The van der Waals surface area contributed by atoms with E-state index in [1.807, 2.05) is 0 Å². The fourth-order valence-corrected chi connectivity index (χ4v) is 4.21. The van der Waals surface area contributed by atoms with Gasteiger partial charge in [0.2, 0.25) is 9.84 Å². The number of halogens is 2. The van der Waals surface area contributed by atoms with Gasteiger partial charge in [-0.15, -0.1) is 0 Å². The van der Waals surface area contributed by atoms with Crippen LogP contribution in [0.15, 0.2) is 93.8 Å². The molecule has 2 aromatic heterocycles. The van der Waals surface area contributed by atoms with Gasteiger partial charge < -0.3 is 0 Å². The number of fused-ring (bicyclic) bond motifs is 1. The minimum Gasteiger partial charge on any atom is -0.267 e. The molecule has 0 radical (unpaired) electrons. The van der Waals surface area contributed by atoms with Gasteiger partial charge in [-0.25, -0.2) is 8.42 Å². The molecule has 29 heavy (non-hydrogen) atoms. The van der Waals surface area contributed by atoms with Gasteiger partial charge >= 0.3 is 6.05 Å². The Morgan fingerprint density at radius 1 is 0.897 bits per heavy atom. The monoisotopic (exact) mass is 413 g/mol. The molecule has 2 heterocycles. The molecule has 4 aromatic rings. The van der Waals surface area contributed by atoms with Crippen molar-refractivity contribution in [1.29, 1.82) is 0 Å². The number of pyridine rings is 1. The van der Waals surface area contributed by atoms with Crippen molar-refractivity contribution in [3.05, 3.63) is 95.2 Å². The zero-order chi connectivity index (χ0) is 20.6. The predicted octanol–water partition coefficient (Wildman–Crippen LogP) is 3.22. The van der Waals surface area contributed by atoms with Crippen LogP contribution in [0.25, 0.3) is 10.8 Å². The summed E-state index contributed by atoms with van der Waals surface area (Å²) in [6.07, 6.45) is 3.34. The lowest BCUT2D eigenvalue weighted by Crippen LogP contribution is -2.37. The molecule has 0 aliphatic rings. The largest absolute Gasteiger partial charge is 0.375 e. The van der Waals surface area contributed by atoms with Gasteiger partial charge in [-0.2, -0.15) is 18.6 Å². The van der Waals surface area contributed by atoms with Crippen molar-refractivity contribution in [2.24, 2.45) is 0 Å². The quantitative estimate of drug-likeness (QED) is 0.513. The normalized spacial score (nSPS) is 12.2. The second-order valence-electron chi connectivity index (χ2n) is 6.21. The predicted molar refractivity (Wildman–Crippen MR) is 101 cm³/mol. The van der Waals surface area contributed by atoms with E-state index < -0.39 is 27.0 Å². The number of alkyl halides is 2. The van der Waals surface area contributed by atoms with E-state index in [2.05, 4.69) is 10.1 Å². The van der Waals surface area contributed by atoms with Crippen LogP contribution in [0.2, 0.25) is 0 Å². The molecule has 0 aliphatic carbocycles. The molecule has 0 saturated heterocycles. The van der Waals surface area contributed by atoms with Crippen molar-refractivity contribution >= 4 is 20.6 Å². The zero-order valence-electron chi connectivity index (χ0n) is 14.7. The first kappa shape index (κ1) is 18.9. The van der Waals surface area contributed by atoms with Crippen LogP contribution in [0.3, 0.4) is 0 Å². The first-order valence-corrected chi connectivity index (χ1v) is 9.91. The molecule has 0 saturated carbocycles. The lowest BCUT2D eigenvalue weighted by Gasteiger charge is -2.18. The van der Waals surface area contributed by atoms with Gasteiger partial charge in [0, 0.05) is 17.8 Å². The molecule has 0 N–H and O–H groups in total. The number of sulfone groups is 1. The Morgan fingerprint density at radius 3 is 2.34 bits per heavy atom. The Hall–Kier alpha value is -3.46. The molecule has 0 bridgehead atoms. The van der Waals surface area contributed by atoms with E-state index in [-0.39, 0.29) is 25.2 Å². The Balaban J connectivity index is 1.84. The van der Waals surface area contributed by atoms with Crippen LogP contribution in [0, 0.1) is 0 Å². The molecule has 2 aromatic carbocycles. The molecular weight excluding hydrogens is 400 g/mol. The van der Waals surface area contributed by atoms with Crippen molar-refractivity contribution in [2.75, 3.05) is 0 Å². The third-order valence-electron chi connectivity index (χ3n) is 4.40. The van der Waals surface area contributed by atoms with Gasteiger partial charge in [0.1, 0.15) is 0 Å². The Bertz CT molecular complexity index is 1360. The van der Waals surface area contributed by atoms with Crippen LogP contribution in [0.4, 0.5) is 8.78 Å². The van der Waals surface area contributed by atoms with Gasteiger partial charge in [0.15, 0.2) is 0 Å². The van der Waals surface area contributed by atoms with Gasteiger partial charge in [-0.3, -0.25) is 9.78 Å². The van der Waals surface area contributed by atoms with Crippen LogP contribution in [0.5, 0.6) is 0 Å². The van der Waals surface area contributed by atoms with Crippen LogP contribution in [0.1, 0.15) is 5.56 Å². The van der Waals surface area contributed by atoms with Crippen molar-refractivity contribution < 1.29 is 17.2 Å². The van der Waals surface area contributed by atoms with E-state index in [9.17, 15) is 22.0 Å². The van der Waals surface area contributed by atoms with Crippen LogP contribution < -0.4 is 5.56 Å². The fraction of sp³-hybridized carbons (Fsp3) is 0.0500. The Labute approximate surface area is 164 Å². The minimum absolute atomic E-state index is 0.0610. The van der Waals surface area contributed by atoms with Crippen LogP contribution in [-0.4, -0.2) is 23.2 Å². The average molecular weight is 413 g/mol. The summed E-state index contributed by atoms with van der Waals surface area (Å²) in [4.78, 5) is 16.3. The summed E-state index contributed by atoms with van der Waals surface area (Å²) in [5, 5.41) is 3.65. The fourth-order valence-electron chi connectivity index (χ4n) is 2.89. The van der Waals surface area contributed by atoms with E-state index in [0.717, 1.165) is 18.5 Å². The zero-order valence-corrected chi connectivity index (χ0v) is 15.6. The number of nitrogens with zero attached hydrogens (tertiary/aromatic N) is 3. The summed E-state index contributed by atoms with van der Waals surface area (Å²) in [5.41, 5.74) is -1.53. The van der Waals surface area contributed by atoms with Gasteiger partial charge in [0.25, 0.3) is 5.56 Å². The SMILES string of the molecule is O=c1c2ccc(S(=O)(=O)c3ccccc3)cc2cnn1C(F)(F)c1cccnc1. The molecule has 9 heteroatoms. The smallest absolute Gasteiger partial charge is 0.267 e. The van der Waals surface area contributed by atoms with E-state index in [4.69, 9.17) is 0 Å². The first-order chi connectivity index (χ1) is 13.8. The van der Waals surface area contributed by atoms with Crippen molar-refractivity contribution in [3.8, 4) is 0 Å². The summed E-state index contributed by atoms with van der Waals surface area (Å²) in [6.45, 7) is 0. The number of rotatable bonds is 4. The molecule has 4 rings (SSSR count). The standard InChI is InChI=1S/C20H13F2N3O3S/c21-20(22,15-5-4-10-23-13-15)25-19(26)18-9-8-17(11-14(18)12-24-25)29(27,28)16-6-2-1-3-7-16/h1-13H. The summed E-state index contributed by atoms with van der Waals surface area (Å²) in [5.74, 6) is 0. The first-order valence-electron chi connectivity index (χ1n) is 8.43. The van der Waals surface area contributed by atoms with Crippen molar-refractivity contribution in [1.82, 2.24) is 14.8 Å². The van der Waals surface area contributed by atoms with E-state index in [1.54, 1.807) is 18.2 Å². The maximum Gasteiger partial charge on any atom is 0.375 e. The van der Waals surface area contributed by atoms with E-state index in [1.165, 1.54) is 42.6 Å². The third-order valence-corrected chi connectivity index (χ3v) is 6.16. The number of benzene rings is 2. The van der Waals surface area contributed by atoms with Gasteiger partial charge in [-0.05, 0) is 42.5 Å². The molecule has 146 valence electrons. The summed E-state index contributed by atoms with van der Waals surface area (Å²) >= 11 is 0. The number of hydrogen-bond acceptors (Lipinski definition) is 5. The van der Waals surface area contributed by atoms with Gasteiger partial charge in [-0.1, -0.05) is 18.2 Å². The molecule has 0 fully saturated rings. The summed E-state index contributed by atoms with van der Waals surface area (Å²) in [7, 11) is -3.82. The maximum atomic E-state index is 14.7. The molecular formula is C20H13F2N3O3S. The molecule has 6 nitrogen and oxygen atoms in total. The highest BCUT2D eigenvalue weighted by Crippen LogP contribution is 2.28. The second kappa shape index (κ2) is 6.85. The minimum atomic E-state index is -3.82. The molecule has 0 amide bonds. The Kier molecular flexibility index (Phi) is 4.46. The average Bonchev–Trinajstić information content (AvgIpc) is 2.75. The summed E-state index contributed by atoms with van der Waals surface area (Å²) < 4.78 is 55.0. The van der Waals surface area contributed by atoms with E-state index >= 15 is 0 Å². The molecule has 0 spiro atoms. The van der Waals surface area contributed by atoms with E-state index in [0.29, 0.717) is 0 Å². The highest BCUT2D eigenvalue weighted by molar-refractivity contribution is 7.91. The van der Waals surface area contributed by atoms with Crippen LogP contribution >= 0.6 is 0 Å². The number of hydrogen-bond donors (Lipinski definition) is 0. The molecule has 0 unspecified atom stereocenters.